The van der Waals surface area contributed by atoms with Gasteiger partial charge in [-0.2, -0.15) is 0 Å². The lowest BCUT2D eigenvalue weighted by Crippen LogP contribution is -2.31. The molecule has 0 spiro atoms. The van der Waals surface area contributed by atoms with Crippen molar-refractivity contribution in [1.82, 2.24) is 5.32 Å². The van der Waals surface area contributed by atoms with Crippen LogP contribution in [0.5, 0.6) is 11.5 Å². The number of halogens is 1. The van der Waals surface area contributed by atoms with Crippen LogP contribution in [0.2, 0.25) is 5.02 Å². The minimum absolute atomic E-state index is 0.0711. The Balaban J connectivity index is 2.12. The highest BCUT2D eigenvalue weighted by Crippen LogP contribution is 2.37. The topological polar surface area (TPSA) is 50.7 Å². The number of nitrogens with one attached hydrogen (secondary N) is 1. The first kappa shape index (κ1) is 19.6. The summed E-state index contributed by atoms with van der Waals surface area (Å²) >= 11 is 6.42. The van der Waals surface area contributed by atoms with E-state index in [1.165, 1.54) is 5.56 Å². The normalized spacial score (nSPS) is 12.0. The van der Waals surface area contributed by atoms with Crippen molar-refractivity contribution in [3.8, 4) is 11.5 Å². The van der Waals surface area contributed by atoms with Gasteiger partial charge in [-0.15, -0.1) is 0 Å². The van der Waals surface area contributed by atoms with E-state index in [9.17, 15) is 5.11 Å². The Morgan fingerprint density at radius 3 is 2.64 bits per heavy atom. The van der Waals surface area contributed by atoms with Crippen LogP contribution in [0.15, 0.2) is 36.4 Å². The molecule has 1 atom stereocenters. The van der Waals surface area contributed by atoms with Gasteiger partial charge < -0.3 is 19.9 Å². The molecule has 0 unspecified atom stereocenters. The van der Waals surface area contributed by atoms with Crippen LogP contribution in [0.3, 0.4) is 0 Å². The van der Waals surface area contributed by atoms with Crippen molar-refractivity contribution in [3.05, 3.63) is 58.1 Å². The maximum atomic E-state index is 9.27. The third-order valence-corrected chi connectivity index (χ3v) is 4.51. The molecule has 0 aliphatic heterocycles. The molecule has 2 rings (SSSR count). The largest absolute Gasteiger partial charge is 0.493 e. The van der Waals surface area contributed by atoms with Crippen molar-refractivity contribution < 1.29 is 14.6 Å². The fourth-order valence-electron chi connectivity index (χ4n) is 2.54. The van der Waals surface area contributed by atoms with Crippen molar-refractivity contribution in [2.75, 3.05) is 13.7 Å². The summed E-state index contributed by atoms with van der Waals surface area (Å²) in [6, 6.07) is 11.9. The van der Waals surface area contributed by atoms with E-state index >= 15 is 0 Å². The van der Waals surface area contributed by atoms with Crippen LogP contribution >= 0.6 is 11.6 Å². The highest BCUT2D eigenvalue weighted by molar-refractivity contribution is 6.32. The molecule has 0 saturated heterocycles. The first-order valence-corrected chi connectivity index (χ1v) is 8.84. The van der Waals surface area contributed by atoms with Gasteiger partial charge in [0.05, 0.1) is 18.7 Å². The second kappa shape index (κ2) is 9.66. The number of aliphatic hydroxyl groups is 1. The summed E-state index contributed by atoms with van der Waals surface area (Å²) in [4.78, 5) is 0. The van der Waals surface area contributed by atoms with Crippen LogP contribution in [-0.4, -0.2) is 24.9 Å². The van der Waals surface area contributed by atoms with Crippen LogP contribution in [0, 0.1) is 6.92 Å². The highest BCUT2D eigenvalue weighted by Gasteiger charge is 2.13. The van der Waals surface area contributed by atoms with E-state index in [4.69, 9.17) is 21.1 Å². The zero-order valence-corrected chi connectivity index (χ0v) is 15.8. The van der Waals surface area contributed by atoms with Gasteiger partial charge in [0.25, 0.3) is 0 Å². The summed E-state index contributed by atoms with van der Waals surface area (Å²) in [5.41, 5.74) is 3.27. The molecule has 2 aromatic carbocycles. The molecule has 0 heterocycles. The van der Waals surface area contributed by atoms with Crippen molar-refractivity contribution in [2.45, 2.75) is 39.5 Å². The molecule has 136 valence electrons. The fourth-order valence-corrected chi connectivity index (χ4v) is 2.83. The number of hydrogen-bond donors (Lipinski definition) is 2. The minimum Gasteiger partial charge on any atom is -0.493 e. The quantitative estimate of drug-likeness (QED) is 0.704. The molecule has 5 heteroatoms. The molecule has 2 aromatic rings. The average Bonchev–Trinajstić information content (AvgIpc) is 2.62. The molecule has 0 amide bonds. The minimum atomic E-state index is 0.0711. The van der Waals surface area contributed by atoms with E-state index in [2.05, 4.69) is 18.3 Å². The third kappa shape index (κ3) is 5.36. The van der Waals surface area contributed by atoms with Gasteiger partial charge in [0.15, 0.2) is 11.5 Å². The Bertz CT molecular complexity index is 687. The third-order valence-electron chi connectivity index (χ3n) is 4.23. The van der Waals surface area contributed by atoms with Crippen molar-refractivity contribution in [2.24, 2.45) is 0 Å². The molecule has 0 bridgehead atoms. The summed E-state index contributed by atoms with van der Waals surface area (Å²) < 4.78 is 11.4. The maximum Gasteiger partial charge on any atom is 0.180 e. The number of aliphatic hydroxyl groups excluding tert-OH is 1. The molecule has 0 aliphatic rings. The first-order chi connectivity index (χ1) is 12.1. The number of ether oxygens (including phenoxy) is 2. The molecule has 0 aliphatic carbocycles. The van der Waals surface area contributed by atoms with Gasteiger partial charge in [0.1, 0.15) is 6.61 Å². The fraction of sp³-hybridized carbons (Fsp3) is 0.400. The van der Waals surface area contributed by atoms with Crippen molar-refractivity contribution in [1.29, 1.82) is 0 Å². The van der Waals surface area contributed by atoms with Crippen LogP contribution in [0.25, 0.3) is 0 Å². The smallest absolute Gasteiger partial charge is 0.180 e. The van der Waals surface area contributed by atoms with Gasteiger partial charge in [-0.3, -0.25) is 0 Å². The Hall–Kier alpha value is -1.75. The number of rotatable bonds is 9. The van der Waals surface area contributed by atoms with Gasteiger partial charge in [0, 0.05) is 12.6 Å². The Morgan fingerprint density at radius 2 is 2.00 bits per heavy atom. The second-order valence-electron chi connectivity index (χ2n) is 5.99. The average molecular weight is 364 g/mol. The first-order valence-electron chi connectivity index (χ1n) is 8.47. The van der Waals surface area contributed by atoms with Gasteiger partial charge in [-0.05, 0) is 42.2 Å². The Labute approximate surface area is 154 Å². The van der Waals surface area contributed by atoms with Gasteiger partial charge in [-0.1, -0.05) is 42.8 Å². The highest BCUT2D eigenvalue weighted by atomic mass is 35.5. The maximum absolute atomic E-state index is 9.27. The van der Waals surface area contributed by atoms with Crippen LogP contribution in [-0.2, 0) is 13.2 Å². The Kier molecular flexibility index (Phi) is 7.56. The predicted octanol–water partition coefficient (Wildman–Crippen LogP) is 4.10. The van der Waals surface area contributed by atoms with Crippen LogP contribution in [0.4, 0.5) is 0 Å². The number of methoxy groups -OCH3 is 1. The Morgan fingerprint density at radius 1 is 1.24 bits per heavy atom. The summed E-state index contributed by atoms with van der Waals surface area (Å²) in [6.45, 7) is 5.23. The van der Waals surface area contributed by atoms with E-state index in [-0.39, 0.29) is 12.6 Å². The van der Waals surface area contributed by atoms with Gasteiger partial charge >= 0.3 is 0 Å². The van der Waals surface area contributed by atoms with Gasteiger partial charge in [-0.25, -0.2) is 0 Å². The van der Waals surface area contributed by atoms with Crippen LogP contribution < -0.4 is 14.8 Å². The van der Waals surface area contributed by atoms with E-state index in [0.717, 1.165) is 17.5 Å². The van der Waals surface area contributed by atoms with Crippen molar-refractivity contribution in [3.63, 3.8) is 0 Å². The molecule has 2 N–H and O–H groups in total. The number of benzene rings is 2. The lowest BCUT2D eigenvalue weighted by molar-refractivity contribution is 0.238. The van der Waals surface area contributed by atoms with E-state index in [0.29, 0.717) is 29.7 Å². The molecular formula is C20H26ClNO3. The molecule has 4 nitrogen and oxygen atoms in total. The molecule has 0 saturated carbocycles. The zero-order chi connectivity index (χ0) is 18.2. The second-order valence-corrected chi connectivity index (χ2v) is 6.40. The molecule has 0 fully saturated rings. The lowest BCUT2D eigenvalue weighted by Gasteiger charge is -2.17. The SMILES string of the molecule is CC[C@@H](CO)NCc1cc(Cl)c(OCc2ccccc2C)c(OC)c1. The monoisotopic (exact) mass is 363 g/mol. The van der Waals surface area contributed by atoms with Crippen LogP contribution in [0.1, 0.15) is 30.0 Å². The molecular weight excluding hydrogens is 338 g/mol. The zero-order valence-electron chi connectivity index (χ0n) is 15.0. The molecule has 25 heavy (non-hydrogen) atoms. The summed E-state index contributed by atoms with van der Waals surface area (Å²) in [6.07, 6.45) is 0.860. The van der Waals surface area contributed by atoms with E-state index < -0.39 is 0 Å². The van der Waals surface area contributed by atoms with Crippen molar-refractivity contribution >= 4 is 11.6 Å². The standard InChI is InChI=1S/C20H26ClNO3/c1-4-17(12-23)22-11-15-9-18(21)20(19(10-15)24-3)25-13-16-8-6-5-7-14(16)2/h5-10,17,22-23H,4,11-13H2,1-3H3/t17-/m0/s1. The number of aryl methyl sites for hydroxylation is 1. The van der Waals surface area contributed by atoms with E-state index in [1.807, 2.05) is 37.3 Å². The summed E-state index contributed by atoms with van der Waals surface area (Å²) in [5, 5.41) is 13.1. The lowest BCUT2D eigenvalue weighted by atomic mass is 10.1. The summed E-state index contributed by atoms with van der Waals surface area (Å²) in [7, 11) is 1.60. The molecule has 0 radical (unpaired) electrons. The number of hydrogen-bond acceptors (Lipinski definition) is 4. The molecule has 0 aromatic heterocycles. The summed E-state index contributed by atoms with van der Waals surface area (Å²) in [5.74, 6) is 1.15. The van der Waals surface area contributed by atoms with Gasteiger partial charge in [0.2, 0.25) is 0 Å². The predicted molar refractivity (Wildman–Crippen MR) is 102 cm³/mol. The van der Waals surface area contributed by atoms with E-state index in [1.54, 1.807) is 7.11 Å².